The average Bonchev–Trinajstić information content (AvgIpc) is 3.10. The molecule has 0 amide bonds. The monoisotopic (exact) mass is 420 g/mol. The molecule has 2 aromatic heterocycles. The van der Waals surface area contributed by atoms with Gasteiger partial charge in [-0.2, -0.15) is 0 Å². The van der Waals surface area contributed by atoms with Crippen molar-refractivity contribution in [1.29, 1.82) is 0 Å². The number of ether oxygens (including phenoxy) is 2. The SMILES string of the molecule is COc1ccccc1Cc1nc2sc(C(=O)OCc3ccccc3)c(C)c2c(=O)[nH]1. The van der Waals surface area contributed by atoms with Gasteiger partial charge in [-0.3, -0.25) is 4.79 Å². The molecule has 30 heavy (non-hydrogen) atoms. The highest BCUT2D eigenvalue weighted by molar-refractivity contribution is 7.20. The lowest BCUT2D eigenvalue weighted by Gasteiger charge is -2.07. The Morgan fingerprint density at radius 1 is 1.10 bits per heavy atom. The minimum absolute atomic E-state index is 0.177. The van der Waals surface area contributed by atoms with Gasteiger partial charge in [-0.05, 0) is 24.1 Å². The molecule has 0 atom stereocenters. The molecule has 0 unspecified atom stereocenters. The molecule has 1 N–H and O–H groups in total. The zero-order valence-electron chi connectivity index (χ0n) is 16.6. The van der Waals surface area contributed by atoms with Gasteiger partial charge in [-0.1, -0.05) is 48.5 Å². The van der Waals surface area contributed by atoms with Gasteiger partial charge in [0.1, 0.15) is 27.9 Å². The second kappa shape index (κ2) is 8.51. The standard InChI is InChI=1S/C23H20N2O4S/c1-14-19-21(26)24-18(12-16-10-6-7-11-17(16)28-2)25-22(19)30-20(14)23(27)29-13-15-8-4-3-5-9-15/h3-11H,12-13H2,1-2H3,(H,24,25,26). The molecule has 0 saturated carbocycles. The number of carbonyl (C=O) groups is 1. The second-order valence-electron chi connectivity index (χ2n) is 6.80. The van der Waals surface area contributed by atoms with Gasteiger partial charge < -0.3 is 14.5 Å². The highest BCUT2D eigenvalue weighted by atomic mass is 32.1. The van der Waals surface area contributed by atoms with Gasteiger partial charge in [0.05, 0.1) is 12.5 Å². The van der Waals surface area contributed by atoms with Crippen molar-refractivity contribution in [3.8, 4) is 5.75 Å². The summed E-state index contributed by atoms with van der Waals surface area (Å²) in [5.41, 5.74) is 2.14. The highest BCUT2D eigenvalue weighted by Gasteiger charge is 2.21. The minimum atomic E-state index is -0.454. The predicted octanol–water partition coefficient (Wildman–Crippen LogP) is 4.25. The number of esters is 1. The Labute approximate surface area is 177 Å². The van der Waals surface area contributed by atoms with E-state index in [1.54, 1.807) is 14.0 Å². The molecule has 0 aliphatic carbocycles. The summed E-state index contributed by atoms with van der Waals surface area (Å²) in [5.74, 6) is 0.792. The van der Waals surface area contributed by atoms with Gasteiger partial charge in [-0.15, -0.1) is 11.3 Å². The van der Waals surface area contributed by atoms with Crippen molar-refractivity contribution in [3.63, 3.8) is 0 Å². The van der Waals surface area contributed by atoms with Crippen LogP contribution >= 0.6 is 11.3 Å². The normalized spacial score (nSPS) is 10.9. The Hall–Kier alpha value is -3.45. The van der Waals surface area contributed by atoms with Gasteiger partial charge in [0.25, 0.3) is 5.56 Å². The van der Waals surface area contributed by atoms with Gasteiger partial charge in [-0.25, -0.2) is 9.78 Å². The molecule has 0 fully saturated rings. The summed E-state index contributed by atoms with van der Waals surface area (Å²) in [6.45, 7) is 1.92. The molecule has 0 aliphatic rings. The summed E-state index contributed by atoms with van der Waals surface area (Å²) in [5, 5.41) is 0.426. The van der Waals surface area contributed by atoms with Crippen LogP contribution in [0.2, 0.25) is 0 Å². The van der Waals surface area contributed by atoms with Crippen molar-refractivity contribution in [3.05, 3.63) is 92.3 Å². The molecule has 0 aliphatic heterocycles. The number of para-hydroxylation sites is 1. The first-order valence-corrected chi connectivity index (χ1v) is 10.2. The van der Waals surface area contributed by atoms with E-state index < -0.39 is 5.97 Å². The third-order valence-corrected chi connectivity index (χ3v) is 5.96. The van der Waals surface area contributed by atoms with Crippen LogP contribution in [0.4, 0.5) is 0 Å². The summed E-state index contributed by atoms with van der Waals surface area (Å²) in [6.07, 6.45) is 0.417. The predicted molar refractivity (Wildman–Crippen MR) is 116 cm³/mol. The minimum Gasteiger partial charge on any atom is -0.496 e. The van der Waals surface area contributed by atoms with Crippen molar-refractivity contribution in [2.24, 2.45) is 0 Å². The number of benzene rings is 2. The second-order valence-corrected chi connectivity index (χ2v) is 7.80. The average molecular weight is 420 g/mol. The van der Waals surface area contributed by atoms with E-state index in [4.69, 9.17) is 9.47 Å². The largest absolute Gasteiger partial charge is 0.496 e. The van der Waals surface area contributed by atoms with Crippen LogP contribution in [0.15, 0.2) is 59.4 Å². The first-order chi connectivity index (χ1) is 14.6. The zero-order valence-corrected chi connectivity index (χ0v) is 17.4. The Morgan fingerprint density at radius 2 is 1.83 bits per heavy atom. The summed E-state index contributed by atoms with van der Waals surface area (Å²) in [6, 6.07) is 17.0. The molecule has 4 aromatic rings. The number of nitrogens with one attached hydrogen (secondary N) is 1. The third-order valence-electron chi connectivity index (χ3n) is 4.80. The Morgan fingerprint density at radius 3 is 2.60 bits per heavy atom. The number of aromatic nitrogens is 2. The van der Waals surface area contributed by atoms with Crippen molar-refractivity contribution in [2.75, 3.05) is 7.11 Å². The van der Waals surface area contributed by atoms with Gasteiger partial charge in [0.15, 0.2) is 0 Å². The summed E-state index contributed by atoms with van der Waals surface area (Å²) >= 11 is 1.18. The number of hydrogen-bond acceptors (Lipinski definition) is 6. The molecule has 0 saturated heterocycles. The molecule has 4 rings (SSSR count). The maximum Gasteiger partial charge on any atom is 0.349 e. The van der Waals surface area contributed by atoms with E-state index in [0.29, 0.717) is 32.9 Å². The van der Waals surface area contributed by atoms with Crippen LogP contribution in [-0.4, -0.2) is 23.0 Å². The van der Waals surface area contributed by atoms with Crippen LogP contribution in [0.3, 0.4) is 0 Å². The highest BCUT2D eigenvalue weighted by Crippen LogP contribution is 2.28. The molecule has 7 heteroatoms. The first-order valence-electron chi connectivity index (χ1n) is 9.42. The maximum atomic E-state index is 12.7. The Balaban J connectivity index is 1.62. The van der Waals surface area contributed by atoms with Crippen LogP contribution in [-0.2, 0) is 17.8 Å². The molecule has 2 aromatic carbocycles. The Bertz CT molecular complexity index is 1260. The van der Waals surface area contributed by atoms with E-state index in [9.17, 15) is 9.59 Å². The van der Waals surface area contributed by atoms with Crippen LogP contribution in [0, 0.1) is 6.92 Å². The fraction of sp³-hybridized carbons (Fsp3) is 0.174. The number of hydrogen-bond donors (Lipinski definition) is 1. The molecule has 0 bridgehead atoms. The quantitative estimate of drug-likeness (QED) is 0.472. The van der Waals surface area contributed by atoms with E-state index in [1.807, 2.05) is 54.6 Å². The number of nitrogens with zero attached hydrogens (tertiary/aromatic N) is 1. The van der Waals surface area contributed by atoms with E-state index in [-0.39, 0.29) is 12.2 Å². The topological polar surface area (TPSA) is 81.3 Å². The van der Waals surface area contributed by atoms with Crippen molar-refractivity contribution in [1.82, 2.24) is 9.97 Å². The number of carbonyl (C=O) groups excluding carboxylic acids is 1. The first kappa shape index (κ1) is 19.8. The van der Waals surface area contributed by atoms with E-state index >= 15 is 0 Å². The molecular weight excluding hydrogens is 400 g/mol. The van der Waals surface area contributed by atoms with Crippen molar-refractivity contribution < 1.29 is 14.3 Å². The smallest absolute Gasteiger partial charge is 0.349 e. The lowest BCUT2D eigenvalue weighted by molar-refractivity contribution is 0.0478. The molecule has 0 spiro atoms. The molecule has 6 nitrogen and oxygen atoms in total. The van der Waals surface area contributed by atoms with Crippen LogP contribution in [0.25, 0.3) is 10.2 Å². The van der Waals surface area contributed by atoms with Gasteiger partial charge in [0, 0.05) is 12.0 Å². The maximum absolute atomic E-state index is 12.7. The number of aromatic amines is 1. The summed E-state index contributed by atoms with van der Waals surface area (Å²) in [4.78, 5) is 33.7. The number of methoxy groups -OCH3 is 1. The summed E-state index contributed by atoms with van der Waals surface area (Å²) < 4.78 is 10.8. The zero-order chi connectivity index (χ0) is 21.1. The third kappa shape index (κ3) is 3.97. The van der Waals surface area contributed by atoms with Crippen LogP contribution < -0.4 is 10.3 Å². The molecular formula is C23H20N2O4S. The number of rotatable bonds is 6. The van der Waals surface area contributed by atoms with E-state index in [2.05, 4.69) is 9.97 Å². The van der Waals surface area contributed by atoms with Gasteiger partial charge >= 0.3 is 5.97 Å². The number of thiophene rings is 1. The molecule has 152 valence electrons. The van der Waals surface area contributed by atoms with E-state index in [1.165, 1.54) is 11.3 Å². The lowest BCUT2D eigenvalue weighted by atomic mass is 10.1. The Kier molecular flexibility index (Phi) is 5.63. The molecule has 0 radical (unpaired) electrons. The lowest BCUT2D eigenvalue weighted by Crippen LogP contribution is -2.12. The fourth-order valence-corrected chi connectivity index (χ4v) is 4.38. The van der Waals surface area contributed by atoms with Crippen LogP contribution in [0.1, 0.15) is 32.2 Å². The van der Waals surface area contributed by atoms with Crippen molar-refractivity contribution >= 4 is 27.5 Å². The van der Waals surface area contributed by atoms with Gasteiger partial charge in [0.2, 0.25) is 0 Å². The summed E-state index contributed by atoms with van der Waals surface area (Å²) in [7, 11) is 1.61. The molecule has 2 heterocycles. The van der Waals surface area contributed by atoms with E-state index in [0.717, 1.165) is 16.9 Å². The number of fused-ring (bicyclic) bond motifs is 1. The fourth-order valence-electron chi connectivity index (χ4n) is 3.28. The number of H-pyrrole nitrogens is 1. The number of aryl methyl sites for hydroxylation is 1. The van der Waals surface area contributed by atoms with Crippen LogP contribution in [0.5, 0.6) is 5.75 Å². The van der Waals surface area contributed by atoms with Crippen molar-refractivity contribution in [2.45, 2.75) is 20.0 Å².